The summed E-state index contributed by atoms with van der Waals surface area (Å²) in [5.74, 6) is 2.51. The van der Waals surface area contributed by atoms with Crippen LogP contribution >= 0.6 is 0 Å². The molecule has 2 aliphatic rings. The van der Waals surface area contributed by atoms with Crippen LogP contribution in [0.2, 0.25) is 0 Å². The van der Waals surface area contributed by atoms with Crippen molar-refractivity contribution in [3.63, 3.8) is 0 Å². The number of hydrogen-bond donors (Lipinski definition) is 1. The molecule has 5 aromatic rings. The Hall–Kier alpha value is -4.73. The first kappa shape index (κ1) is 28.1. The van der Waals surface area contributed by atoms with Crippen LogP contribution in [0.15, 0.2) is 99.8 Å². The van der Waals surface area contributed by atoms with Crippen molar-refractivity contribution in [3.8, 4) is 23.0 Å². The number of methoxy groups -OCH3 is 2. The van der Waals surface area contributed by atoms with Crippen LogP contribution in [0.3, 0.4) is 0 Å². The van der Waals surface area contributed by atoms with Gasteiger partial charge < -0.3 is 23.9 Å². The predicted molar refractivity (Wildman–Crippen MR) is 170 cm³/mol. The van der Waals surface area contributed by atoms with E-state index < -0.39 is 9.84 Å². The number of sulfone groups is 1. The van der Waals surface area contributed by atoms with Crippen molar-refractivity contribution in [2.75, 3.05) is 33.1 Å². The molecule has 1 N–H and O–H groups in total. The third kappa shape index (κ3) is 4.88. The zero-order valence-corrected chi connectivity index (χ0v) is 25.5. The number of hydrogen-bond acceptors (Lipinski definition) is 8. The van der Waals surface area contributed by atoms with E-state index in [9.17, 15) is 8.42 Å². The van der Waals surface area contributed by atoms with E-state index in [4.69, 9.17) is 18.6 Å². The van der Waals surface area contributed by atoms with Crippen LogP contribution in [0.4, 0.5) is 5.69 Å². The average molecular weight is 609 g/mol. The largest absolute Gasteiger partial charge is 0.496 e. The van der Waals surface area contributed by atoms with Gasteiger partial charge in [0.15, 0.2) is 11.3 Å². The van der Waals surface area contributed by atoms with Gasteiger partial charge in [-0.1, -0.05) is 36.4 Å². The van der Waals surface area contributed by atoms with Crippen molar-refractivity contribution < 1.29 is 27.0 Å². The average Bonchev–Trinajstić information content (AvgIpc) is 3.57. The van der Waals surface area contributed by atoms with Gasteiger partial charge in [-0.05, 0) is 73.0 Å². The second-order valence-corrected chi connectivity index (χ2v) is 12.8. The van der Waals surface area contributed by atoms with E-state index in [1.165, 1.54) is 5.41 Å². The molecule has 1 atom stereocenters. The van der Waals surface area contributed by atoms with E-state index in [-0.39, 0.29) is 10.9 Å². The maximum Gasteiger partial charge on any atom is 0.203 e. The van der Waals surface area contributed by atoms with E-state index in [0.29, 0.717) is 46.4 Å². The van der Waals surface area contributed by atoms with Gasteiger partial charge in [0, 0.05) is 29.7 Å². The van der Waals surface area contributed by atoms with E-state index in [0.717, 1.165) is 40.6 Å². The summed E-state index contributed by atoms with van der Waals surface area (Å²) in [5.41, 5.74) is 5.33. The Kier molecular flexibility index (Phi) is 7.07. The van der Waals surface area contributed by atoms with Crippen molar-refractivity contribution in [1.29, 1.82) is 0 Å². The smallest absolute Gasteiger partial charge is 0.203 e. The molecule has 0 saturated heterocycles. The van der Waals surface area contributed by atoms with Gasteiger partial charge in [-0.3, -0.25) is 4.90 Å². The minimum Gasteiger partial charge on any atom is -0.496 e. The molecule has 3 heterocycles. The number of ether oxygens (including phenoxy) is 3. The first-order valence-corrected chi connectivity index (χ1v) is 15.9. The van der Waals surface area contributed by atoms with Crippen molar-refractivity contribution in [3.05, 3.63) is 113 Å². The highest BCUT2D eigenvalue weighted by molar-refractivity contribution is 7.95. The van der Waals surface area contributed by atoms with Crippen molar-refractivity contribution in [1.82, 2.24) is 4.90 Å². The highest BCUT2D eigenvalue weighted by atomic mass is 32.2. The summed E-state index contributed by atoms with van der Waals surface area (Å²) >= 11 is 0. The number of rotatable bonds is 7. The maximum atomic E-state index is 13.9. The molecule has 0 fully saturated rings. The number of fused-ring (bicyclic) bond motifs is 1. The predicted octanol–water partition coefficient (Wildman–Crippen LogP) is 7.21. The van der Waals surface area contributed by atoms with Crippen LogP contribution in [-0.4, -0.2) is 41.1 Å². The molecule has 0 bridgehead atoms. The number of para-hydroxylation sites is 1. The maximum absolute atomic E-state index is 13.9. The standard InChI is InChI=1S/C35H32N2O6S/c1-37-17-16-23-20-42-34-31(41-3)14-12-22(32(23)34)18-29(37)27-13-15-30(40-2)33-28(21-44(38,39)35(27)33)36-24-8-7-11-26(19-24)43-25-9-5-4-6-10-25/h4-15,19-21,29,36H,16-18H2,1-3H3. The fraction of sp³-hybridized carbons (Fsp3) is 0.200. The highest BCUT2D eigenvalue weighted by Crippen LogP contribution is 2.46. The molecule has 7 rings (SSSR count). The fourth-order valence-electron chi connectivity index (χ4n) is 6.30. The lowest BCUT2D eigenvalue weighted by Gasteiger charge is -2.32. The minimum absolute atomic E-state index is 0.209. The van der Waals surface area contributed by atoms with Crippen molar-refractivity contribution >= 4 is 32.2 Å². The molecule has 1 aromatic heterocycles. The normalized spacial score (nSPS) is 17.3. The molecule has 1 unspecified atom stereocenters. The summed E-state index contributed by atoms with van der Waals surface area (Å²) in [6.07, 6.45) is 3.17. The first-order chi connectivity index (χ1) is 21.4. The van der Waals surface area contributed by atoms with E-state index in [1.54, 1.807) is 14.2 Å². The number of likely N-dealkylation sites (N-methyl/N-ethyl adjacent to an activating group) is 1. The summed E-state index contributed by atoms with van der Waals surface area (Å²) in [5, 5.41) is 5.69. The molecular formula is C35H32N2O6S. The summed E-state index contributed by atoms with van der Waals surface area (Å²) in [7, 11) is 1.43. The molecule has 8 nitrogen and oxygen atoms in total. The number of anilines is 1. The van der Waals surface area contributed by atoms with Gasteiger partial charge in [-0.25, -0.2) is 8.42 Å². The van der Waals surface area contributed by atoms with Crippen molar-refractivity contribution in [2.24, 2.45) is 0 Å². The number of furan rings is 1. The third-order valence-corrected chi connectivity index (χ3v) is 9.95. The fourth-order valence-corrected chi connectivity index (χ4v) is 7.93. The molecule has 224 valence electrons. The van der Waals surface area contributed by atoms with Gasteiger partial charge in [0.25, 0.3) is 0 Å². The lowest BCUT2D eigenvalue weighted by atomic mass is 9.90. The number of nitrogens with zero attached hydrogens (tertiary/aromatic N) is 1. The quantitative estimate of drug-likeness (QED) is 0.207. The van der Waals surface area contributed by atoms with Crippen LogP contribution in [0.1, 0.15) is 28.3 Å². The summed E-state index contributed by atoms with van der Waals surface area (Å²) in [4.78, 5) is 2.49. The third-order valence-electron chi connectivity index (χ3n) is 8.39. The van der Waals surface area contributed by atoms with Gasteiger partial charge in [0.05, 0.1) is 42.0 Å². The monoisotopic (exact) mass is 608 g/mol. The molecule has 44 heavy (non-hydrogen) atoms. The van der Waals surface area contributed by atoms with E-state index in [1.807, 2.05) is 86.1 Å². The van der Waals surface area contributed by atoms with Gasteiger partial charge in [-0.15, -0.1) is 0 Å². The van der Waals surface area contributed by atoms with E-state index >= 15 is 0 Å². The molecular weight excluding hydrogens is 576 g/mol. The molecule has 2 aliphatic heterocycles. The molecule has 0 amide bonds. The molecule has 4 aromatic carbocycles. The molecule has 0 aliphatic carbocycles. The molecule has 9 heteroatoms. The number of nitrogens with one attached hydrogen (secondary N) is 1. The Morgan fingerprint density at radius 2 is 1.66 bits per heavy atom. The Balaban J connectivity index is 1.28. The van der Waals surface area contributed by atoms with Crippen LogP contribution in [0, 0.1) is 0 Å². The van der Waals surface area contributed by atoms with Crippen LogP contribution < -0.4 is 19.5 Å². The van der Waals surface area contributed by atoms with Crippen molar-refractivity contribution in [2.45, 2.75) is 23.8 Å². The summed E-state index contributed by atoms with van der Waals surface area (Å²) in [6.45, 7) is 0.726. The topological polar surface area (TPSA) is 90.2 Å². The van der Waals surface area contributed by atoms with Gasteiger partial charge in [0.2, 0.25) is 9.84 Å². The summed E-state index contributed by atoms with van der Waals surface area (Å²) in [6, 6.07) is 24.5. The first-order valence-electron chi connectivity index (χ1n) is 14.4. The van der Waals surface area contributed by atoms with Crippen LogP contribution in [-0.2, 0) is 22.7 Å². The lowest BCUT2D eigenvalue weighted by molar-refractivity contribution is 0.241. The van der Waals surface area contributed by atoms with Crippen LogP contribution in [0.25, 0.3) is 16.7 Å². The Morgan fingerprint density at radius 3 is 2.45 bits per heavy atom. The Bertz CT molecular complexity index is 2020. The molecule has 0 radical (unpaired) electrons. The van der Waals surface area contributed by atoms with Crippen LogP contribution in [0.5, 0.6) is 23.0 Å². The zero-order chi connectivity index (χ0) is 30.4. The van der Waals surface area contributed by atoms with Gasteiger partial charge in [-0.2, -0.15) is 0 Å². The lowest BCUT2D eigenvalue weighted by Crippen LogP contribution is -2.30. The molecule has 0 saturated carbocycles. The SMILES string of the molecule is COc1ccc(C2Cc3ccc(OC)c4occ(c34)CCN2C)c2c1C(Nc1cccc(Oc3ccccc3)c1)=CS2(=O)=O. The number of benzene rings is 4. The van der Waals surface area contributed by atoms with Gasteiger partial charge in [0.1, 0.15) is 17.2 Å². The second-order valence-electron chi connectivity index (χ2n) is 11.0. The minimum atomic E-state index is -3.80. The Labute approximate surface area is 256 Å². The summed E-state index contributed by atoms with van der Waals surface area (Å²) < 4.78 is 51.1. The zero-order valence-electron chi connectivity index (χ0n) is 24.7. The molecule has 0 spiro atoms. The van der Waals surface area contributed by atoms with Gasteiger partial charge >= 0.3 is 0 Å². The van der Waals surface area contributed by atoms with E-state index in [2.05, 4.69) is 16.3 Å². The Morgan fingerprint density at radius 1 is 0.886 bits per heavy atom. The highest BCUT2D eigenvalue weighted by Gasteiger charge is 2.37. The second kappa shape index (κ2) is 11.1.